The van der Waals surface area contributed by atoms with Crippen LogP contribution in [0.1, 0.15) is 35.7 Å². The molecule has 3 aromatic heterocycles. The van der Waals surface area contributed by atoms with Gasteiger partial charge in [0, 0.05) is 22.3 Å². The standard InChI is InChI=1S/C21H22N6/c1-13-10-19(26-27-12-14(2)24-21(13)27)16-4-3-5-17-18(16)11-23-25-20(17)15-6-8-22-9-7-15/h3-5,10-12,15,22H,6-9H2,1-2H3. The SMILES string of the molecule is Cc1cn2nc(-c3cccc4c(C5CCNCC5)nncc34)cc(C)c2n1. The molecule has 5 rings (SSSR count). The van der Waals surface area contributed by atoms with Crippen molar-refractivity contribution in [2.75, 3.05) is 13.1 Å². The third kappa shape index (κ3) is 2.77. The zero-order valence-electron chi connectivity index (χ0n) is 15.6. The lowest BCUT2D eigenvalue weighted by molar-refractivity contribution is 0.453. The van der Waals surface area contributed by atoms with Gasteiger partial charge >= 0.3 is 0 Å². The van der Waals surface area contributed by atoms with Crippen LogP contribution < -0.4 is 5.32 Å². The molecule has 0 unspecified atom stereocenters. The van der Waals surface area contributed by atoms with Gasteiger partial charge in [0.1, 0.15) is 0 Å². The van der Waals surface area contributed by atoms with Crippen LogP contribution in [0.4, 0.5) is 0 Å². The highest BCUT2D eigenvalue weighted by molar-refractivity contribution is 5.96. The summed E-state index contributed by atoms with van der Waals surface area (Å²) in [5.41, 5.74) is 6.14. The molecule has 6 nitrogen and oxygen atoms in total. The van der Waals surface area contributed by atoms with E-state index in [1.54, 1.807) is 0 Å². The van der Waals surface area contributed by atoms with E-state index in [-0.39, 0.29) is 0 Å². The third-order valence-electron chi connectivity index (χ3n) is 5.47. The average Bonchev–Trinajstić information content (AvgIpc) is 3.08. The van der Waals surface area contributed by atoms with E-state index in [2.05, 4.69) is 51.7 Å². The number of nitrogens with zero attached hydrogens (tertiary/aromatic N) is 5. The van der Waals surface area contributed by atoms with Crippen LogP contribution in [-0.4, -0.2) is 37.9 Å². The summed E-state index contributed by atoms with van der Waals surface area (Å²) in [4.78, 5) is 4.56. The first-order chi connectivity index (χ1) is 13.2. The van der Waals surface area contributed by atoms with Gasteiger partial charge in [-0.15, -0.1) is 0 Å². The number of nitrogens with one attached hydrogen (secondary N) is 1. The summed E-state index contributed by atoms with van der Waals surface area (Å²) in [6.07, 6.45) is 6.05. The number of imidazole rings is 1. The van der Waals surface area contributed by atoms with Crippen molar-refractivity contribution >= 4 is 16.4 Å². The fourth-order valence-corrected chi connectivity index (χ4v) is 4.13. The lowest BCUT2D eigenvalue weighted by atomic mass is 9.90. The van der Waals surface area contributed by atoms with Crippen molar-refractivity contribution in [3.05, 3.63) is 53.6 Å². The fourth-order valence-electron chi connectivity index (χ4n) is 4.13. The Bertz CT molecular complexity index is 1140. The summed E-state index contributed by atoms with van der Waals surface area (Å²) in [5.74, 6) is 0.464. The summed E-state index contributed by atoms with van der Waals surface area (Å²) in [6, 6.07) is 8.50. The molecule has 0 aliphatic carbocycles. The van der Waals surface area contributed by atoms with Gasteiger partial charge in [-0.2, -0.15) is 15.3 Å². The van der Waals surface area contributed by atoms with E-state index in [4.69, 9.17) is 5.10 Å². The molecule has 4 heterocycles. The molecular formula is C21H22N6. The monoisotopic (exact) mass is 358 g/mol. The maximum atomic E-state index is 4.82. The van der Waals surface area contributed by atoms with Gasteiger partial charge in [0.05, 0.1) is 29.5 Å². The van der Waals surface area contributed by atoms with Crippen LogP contribution in [0, 0.1) is 13.8 Å². The molecule has 1 N–H and O–H groups in total. The number of aryl methyl sites for hydroxylation is 2. The molecule has 0 atom stereocenters. The Balaban J connectivity index is 1.70. The van der Waals surface area contributed by atoms with E-state index in [0.29, 0.717) is 5.92 Å². The molecule has 0 bridgehead atoms. The van der Waals surface area contributed by atoms with Gasteiger partial charge in [-0.05, 0) is 51.4 Å². The first kappa shape index (κ1) is 16.3. The van der Waals surface area contributed by atoms with Gasteiger partial charge in [-0.3, -0.25) is 0 Å². The highest BCUT2D eigenvalue weighted by atomic mass is 15.2. The minimum atomic E-state index is 0.464. The molecule has 1 saturated heterocycles. The van der Waals surface area contributed by atoms with Crippen LogP contribution in [-0.2, 0) is 0 Å². The number of rotatable bonds is 2. The molecule has 4 aromatic rings. The summed E-state index contributed by atoms with van der Waals surface area (Å²) in [5, 5.41) is 19.4. The summed E-state index contributed by atoms with van der Waals surface area (Å²) < 4.78 is 1.88. The molecule has 136 valence electrons. The van der Waals surface area contributed by atoms with Gasteiger partial charge in [0.2, 0.25) is 0 Å². The zero-order valence-corrected chi connectivity index (χ0v) is 15.6. The first-order valence-corrected chi connectivity index (χ1v) is 9.50. The van der Waals surface area contributed by atoms with Crippen molar-refractivity contribution < 1.29 is 0 Å². The smallest absolute Gasteiger partial charge is 0.156 e. The molecule has 0 amide bonds. The van der Waals surface area contributed by atoms with Crippen LogP contribution in [0.3, 0.4) is 0 Å². The molecule has 0 radical (unpaired) electrons. The van der Waals surface area contributed by atoms with Crippen molar-refractivity contribution in [1.29, 1.82) is 0 Å². The van der Waals surface area contributed by atoms with Crippen LogP contribution in [0.25, 0.3) is 27.7 Å². The van der Waals surface area contributed by atoms with E-state index in [9.17, 15) is 0 Å². The molecule has 27 heavy (non-hydrogen) atoms. The van der Waals surface area contributed by atoms with Crippen molar-refractivity contribution in [3.8, 4) is 11.3 Å². The van der Waals surface area contributed by atoms with Crippen molar-refractivity contribution in [2.45, 2.75) is 32.6 Å². The minimum absolute atomic E-state index is 0.464. The first-order valence-electron chi connectivity index (χ1n) is 9.50. The van der Waals surface area contributed by atoms with Crippen molar-refractivity contribution in [3.63, 3.8) is 0 Å². The Labute approximate surface area is 157 Å². The normalized spacial score (nSPS) is 15.6. The number of hydrogen-bond donors (Lipinski definition) is 1. The van der Waals surface area contributed by atoms with Crippen LogP contribution in [0.5, 0.6) is 0 Å². The van der Waals surface area contributed by atoms with Crippen molar-refractivity contribution in [2.24, 2.45) is 0 Å². The van der Waals surface area contributed by atoms with E-state index in [0.717, 1.165) is 65.2 Å². The molecule has 1 aliphatic heterocycles. The molecular weight excluding hydrogens is 336 g/mol. The second kappa shape index (κ2) is 6.39. The highest BCUT2D eigenvalue weighted by Crippen LogP contribution is 2.33. The molecule has 1 aromatic carbocycles. The number of fused-ring (bicyclic) bond motifs is 2. The number of piperidine rings is 1. The number of aromatic nitrogens is 5. The Morgan fingerprint density at radius 1 is 1.11 bits per heavy atom. The number of benzene rings is 1. The van der Waals surface area contributed by atoms with Gasteiger partial charge < -0.3 is 5.32 Å². The van der Waals surface area contributed by atoms with Crippen LogP contribution in [0.2, 0.25) is 0 Å². The molecule has 1 fully saturated rings. The largest absolute Gasteiger partial charge is 0.317 e. The average molecular weight is 358 g/mol. The van der Waals surface area contributed by atoms with Crippen LogP contribution >= 0.6 is 0 Å². The fraction of sp³-hybridized carbons (Fsp3) is 0.333. The maximum absolute atomic E-state index is 4.82. The summed E-state index contributed by atoms with van der Waals surface area (Å²) in [6.45, 7) is 6.16. The van der Waals surface area contributed by atoms with E-state index >= 15 is 0 Å². The Morgan fingerprint density at radius 3 is 2.81 bits per heavy atom. The van der Waals surface area contributed by atoms with Crippen LogP contribution in [0.15, 0.2) is 36.7 Å². The zero-order chi connectivity index (χ0) is 18.4. The molecule has 1 aliphatic rings. The van der Waals surface area contributed by atoms with Gasteiger partial charge in [0.25, 0.3) is 0 Å². The Kier molecular flexibility index (Phi) is 3.86. The number of hydrogen-bond acceptors (Lipinski definition) is 5. The maximum Gasteiger partial charge on any atom is 0.156 e. The second-order valence-corrected chi connectivity index (χ2v) is 7.38. The lowest BCUT2D eigenvalue weighted by Crippen LogP contribution is -2.27. The lowest BCUT2D eigenvalue weighted by Gasteiger charge is -2.23. The Hall–Kier alpha value is -2.86. The van der Waals surface area contributed by atoms with Gasteiger partial charge in [-0.25, -0.2) is 9.50 Å². The Morgan fingerprint density at radius 2 is 1.96 bits per heavy atom. The second-order valence-electron chi connectivity index (χ2n) is 7.38. The van der Waals surface area contributed by atoms with E-state index < -0.39 is 0 Å². The summed E-state index contributed by atoms with van der Waals surface area (Å²) >= 11 is 0. The predicted octanol–water partition coefficient (Wildman–Crippen LogP) is 3.42. The quantitative estimate of drug-likeness (QED) is 0.595. The van der Waals surface area contributed by atoms with E-state index in [1.165, 1.54) is 5.39 Å². The van der Waals surface area contributed by atoms with Crippen molar-refractivity contribution in [1.82, 2.24) is 30.1 Å². The topological polar surface area (TPSA) is 68.0 Å². The van der Waals surface area contributed by atoms with Gasteiger partial charge in [0.15, 0.2) is 5.65 Å². The molecule has 0 saturated carbocycles. The van der Waals surface area contributed by atoms with Gasteiger partial charge in [-0.1, -0.05) is 18.2 Å². The minimum Gasteiger partial charge on any atom is -0.317 e. The van der Waals surface area contributed by atoms with E-state index in [1.807, 2.05) is 23.8 Å². The molecule has 0 spiro atoms. The summed E-state index contributed by atoms with van der Waals surface area (Å²) in [7, 11) is 0. The third-order valence-corrected chi connectivity index (χ3v) is 5.47. The highest BCUT2D eigenvalue weighted by Gasteiger charge is 2.20. The predicted molar refractivity (Wildman–Crippen MR) is 106 cm³/mol. The molecule has 6 heteroatoms.